The molecule has 0 bridgehead atoms. The summed E-state index contributed by atoms with van der Waals surface area (Å²) in [6, 6.07) is 14.7. The van der Waals surface area contributed by atoms with E-state index in [1.54, 1.807) is 12.1 Å². The van der Waals surface area contributed by atoms with Crippen LogP contribution in [0.1, 0.15) is 26.4 Å². The van der Waals surface area contributed by atoms with Crippen LogP contribution < -0.4 is 0 Å². The fourth-order valence-electron chi connectivity index (χ4n) is 2.83. The Morgan fingerprint density at radius 3 is 2.26 bits per heavy atom. The Morgan fingerprint density at radius 2 is 1.67 bits per heavy atom. The molecule has 0 saturated carbocycles. The van der Waals surface area contributed by atoms with E-state index in [-0.39, 0.29) is 11.3 Å². The zero-order valence-electron chi connectivity index (χ0n) is 15.0. The molecule has 0 aliphatic carbocycles. The minimum absolute atomic E-state index is 0.0168. The van der Waals surface area contributed by atoms with E-state index >= 15 is 0 Å². The number of carbonyl (C=O) groups is 2. The number of halogens is 1. The molecular weight excluding hydrogens is 412 g/mol. The normalized spacial score (nSPS) is 10.5. The summed E-state index contributed by atoms with van der Waals surface area (Å²) in [5, 5.41) is 4.57. The summed E-state index contributed by atoms with van der Waals surface area (Å²) in [4.78, 5) is 25.1. The Kier molecular flexibility index (Phi) is 5.41. The number of nitrogens with zero attached hydrogens (tertiary/aromatic N) is 2. The molecule has 0 amide bonds. The number of aromatic nitrogens is 2. The van der Waals surface area contributed by atoms with Crippen molar-refractivity contribution in [2.45, 2.75) is 6.92 Å². The molecule has 0 atom stereocenters. The molecule has 27 heavy (non-hydrogen) atoms. The minimum Gasteiger partial charge on any atom is -0.465 e. The van der Waals surface area contributed by atoms with Crippen molar-refractivity contribution in [1.82, 2.24) is 9.78 Å². The summed E-state index contributed by atoms with van der Waals surface area (Å²) < 4.78 is 12.1. The first-order chi connectivity index (χ1) is 13.0. The lowest BCUT2D eigenvalue weighted by molar-refractivity contribution is 0.0549. The van der Waals surface area contributed by atoms with Gasteiger partial charge in [0.1, 0.15) is 11.3 Å². The van der Waals surface area contributed by atoms with E-state index in [1.807, 2.05) is 43.3 Å². The molecule has 0 aliphatic heterocycles. The zero-order chi connectivity index (χ0) is 19.6. The van der Waals surface area contributed by atoms with Crippen LogP contribution in [-0.2, 0) is 9.47 Å². The van der Waals surface area contributed by atoms with Crippen LogP contribution in [0, 0.1) is 6.92 Å². The third kappa shape index (κ3) is 3.64. The number of hydrogen-bond acceptors (Lipinski definition) is 5. The molecule has 0 N–H and O–H groups in total. The Hall–Kier alpha value is -2.93. The molecule has 0 unspecified atom stereocenters. The highest BCUT2D eigenvalue weighted by molar-refractivity contribution is 9.10. The van der Waals surface area contributed by atoms with Crippen molar-refractivity contribution in [3.05, 3.63) is 69.8 Å². The molecule has 138 valence electrons. The van der Waals surface area contributed by atoms with Gasteiger partial charge in [0.2, 0.25) is 0 Å². The Labute approximate surface area is 164 Å². The largest absolute Gasteiger partial charge is 0.465 e. The van der Waals surface area contributed by atoms with Crippen molar-refractivity contribution in [3.8, 4) is 16.9 Å². The molecule has 7 heteroatoms. The lowest BCUT2D eigenvalue weighted by atomic mass is 10.0. The van der Waals surface area contributed by atoms with Gasteiger partial charge in [0.05, 0.1) is 19.9 Å². The maximum atomic E-state index is 12.6. The van der Waals surface area contributed by atoms with Crippen molar-refractivity contribution in [2.75, 3.05) is 14.2 Å². The Morgan fingerprint density at radius 1 is 1.00 bits per heavy atom. The first-order valence-electron chi connectivity index (χ1n) is 8.09. The van der Waals surface area contributed by atoms with E-state index in [1.165, 1.54) is 18.9 Å². The minimum atomic E-state index is -0.676. The van der Waals surface area contributed by atoms with Gasteiger partial charge in [0, 0.05) is 10.0 Å². The maximum Gasteiger partial charge on any atom is 0.357 e. The van der Waals surface area contributed by atoms with Crippen LogP contribution in [-0.4, -0.2) is 35.9 Å². The van der Waals surface area contributed by atoms with E-state index < -0.39 is 11.9 Å². The molecule has 2 aromatic carbocycles. The summed E-state index contributed by atoms with van der Waals surface area (Å²) in [6.07, 6.45) is 0. The van der Waals surface area contributed by atoms with Crippen LogP contribution in [0.4, 0.5) is 0 Å². The van der Waals surface area contributed by atoms with E-state index in [4.69, 9.17) is 9.47 Å². The first kappa shape index (κ1) is 18.8. The molecular formula is C20H17BrN2O4. The van der Waals surface area contributed by atoms with Gasteiger partial charge < -0.3 is 9.47 Å². The maximum absolute atomic E-state index is 12.6. The number of carbonyl (C=O) groups excluding carboxylic acids is 2. The average molecular weight is 429 g/mol. The highest BCUT2D eigenvalue weighted by Crippen LogP contribution is 2.31. The van der Waals surface area contributed by atoms with E-state index in [0.29, 0.717) is 16.9 Å². The van der Waals surface area contributed by atoms with Crippen molar-refractivity contribution < 1.29 is 19.1 Å². The van der Waals surface area contributed by atoms with Gasteiger partial charge in [-0.15, -0.1) is 0 Å². The summed E-state index contributed by atoms with van der Waals surface area (Å²) in [5.41, 5.74) is 2.71. The van der Waals surface area contributed by atoms with Gasteiger partial charge in [-0.25, -0.2) is 14.3 Å². The summed E-state index contributed by atoms with van der Waals surface area (Å²) >= 11 is 3.46. The topological polar surface area (TPSA) is 70.4 Å². The van der Waals surface area contributed by atoms with Crippen LogP contribution in [0.25, 0.3) is 16.9 Å². The first-order valence-corrected chi connectivity index (χ1v) is 8.88. The number of aryl methyl sites for hydroxylation is 1. The third-order valence-corrected chi connectivity index (χ3v) is 4.43. The molecule has 3 aromatic rings. The quantitative estimate of drug-likeness (QED) is 0.582. The van der Waals surface area contributed by atoms with E-state index in [9.17, 15) is 9.59 Å². The number of methoxy groups -OCH3 is 2. The van der Waals surface area contributed by atoms with Gasteiger partial charge in [-0.3, -0.25) is 0 Å². The zero-order valence-corrected chi connectivity index (χ0v) is 16.6. The predicted octanol–water partition coefficient (Wildman–Crippen LogP) is 4.18. The molecule has 3 rings (SSSR count). The SMILES string of the molecule is COC(=O)c1c(-c2cc(C)cc(Br)c2)nn(-c2ccccc2)c1C(=O)OC. The number of rotatable bonds is 4. The van der Waals surface area contributed by atoms with Gasteiger partial charge in [0.25, 0.3) is 0 Å². The second-order valence-corrected chi connectivity index (χ2v) is 6.74. The number of hydrogen-bond donors (Lipinski definition) is 0. The van der Waals surface area contributed by atoms with Crippen molar-refractivity contribution in [2.24, 2.45) is 0 Å². The molecule has 0 radical (unpaired) electrons. The number of ether oxygens (including phenoxy) is 2. The smallest absolute Gasteiger partial charge is 0.357 e. The van der Waals surface area contributed by atoms with Crippen molar-refractivity contribution in [1.29, 1.82) is 0 Å². The van der Waals surface area contributed by atoms with Gasteiger partial charge >= 0.3 is 11.9 Å². The number of para-hydroxylation sites is 1. The third-order valence-electron chi connectivity index (χ3n) is 3.97. The second-order valence-electron chi connectivity index (χ2n) is 5.82. The van der Waals surface area contributed by atoms with Gasteiger partial charge in [-0.05, 0) is 42.8 Å². The molecule has 1 heterocycles. The van der Waals surface area contributed by atoms with E-state index in [0.717, 1.165) is 10.0 Å². The summed E-state index contributed by atoms with van der Waals surface area (Å²) in [7, 11) is 2.52. The van der Waals surface area contributed by atoms with Crippen LogP contribution in [0.15, 0.2) is 53.0 Å². The molecule has 0 aliphatic rings. The molecule has 0 spiro atoms. The van der Waals surface area contributed by atoms with Gasteiger partial charge in [0.15, 0.2) is 5.69 Å². The van der Waals surface area contributed by atoms with Crippen LogP contribution in [0.5, 0.6) is 0 Å². The van der Waals surface area contributed by atoms with Gasteiger partial charge in [-0.1, -0.05) is 34.1 Å². The Balaban J connectivity index is 2.38. The van der Waals surface area contributed by atoms with Crippen molar-refractivity contribution >= 4 is 27.9 Å². The second kappa shape index (κ2) is 7.75. The fraction of sp³-hybridized carbons (Fsp3) is 0.150. The number of esters is 2. The average Bonchev–Trinajstić information content (AvgIpc) is 3.07. The standard InChI is InChI=1S/C20H17BrN2O4/c1-12-9-13(11-14(21)10-12)17-16(19(24)26-2)18(20(25)27-3)23(22-17)15-7-5-4-6-8-15/h4-11H,1-3H3. The van der Waals surface area contributed by atoms with Crippen LogP contribution in [0.2, 0.25) is 0 Å². The lowest BCUT2D eigenvalue weighted by Gasteiger charge is -2.07. The monoisotopic (exact) mass is 428 g/mol. The van der Waals surface area contributed by atoms with Gasteiger partial charge in [-0.2, -0.15) is 5.10 Å². The highest BCUT2D eigenvalue weighted by Gasteiger charge is 2.31. The number of benzene rings is 2. The molecule has 6 nitrogen and oxygen atoms in total. The fourth-order valence-corrected chi connectivity index (χ4v) is 3.44. The molecule has 0 saturated heterocycles. The van der Waals surface area contributed by atoms with Crippen LogP contribution in [0.3, 0.4) is 0 Å². The Bertz CT molecular complexity index is 992. The summed E-state index contributed by atoms with van der Waals surface area (Å²) in [5.74, 6) is -1.34. The summed E-state index contributed by atoms with van der Waals surface area (Å²) in [6.45, 7) is 1.93. The highest BCUT2D eigenvalue weighted by atomic mass is 79.9. The van der Waals surface area contributed by atoms with E-state index in [2.05, 4.69) is 21.0 Å². The molecule has 1 aromatic heterocycles. The predicted molar refractivity (Wildman–Crippen MR) is 104 cm³/mol. The van der Waals surface area contributed by atoms with Crippen LogP contribution >= 0.6 is 15.9 Å². The lowest BCUT2D eigenvalue weighted by Crippen LogP contribution is -2.15. The molecule has 0 fully saturated rings. The van der Waals surface area contributed by atoms with Crippen molar-refractivity contribution in [3.63, 3.8) is 0 Å².